The van der Waals surface area contributed by atoms with Crippen molar-refractivity contribution in [1.82, 2.24) is 10.2 Å². The van der Waals surface area contributed by atoms with Gasteiger partial charge < -0.3 is 5.32 Å². The predicted octanol–water partition coefficient (Wildman–Crippen LogP) is 2.55. The Hall–Kier alpha value is -0.860. The molecule has 100 valence electrons. The van der Waals surface area contributed by atoms with Crippen molar-refractivity contribution in [3.05, 3.63) is 35.9 Å². The van der Waals surface area contributed by atoms with Crippen LogP contribution in [0.4, 0.5) is 0 Å². The van der Waals surface area contributed by atoms with Gasteiger partial charge >= 0.3 is 0 Å². The second-order valence-corrected chi connectivity index (χ2v) is 5.79. The molecule has 1 unspecified atom stereocenters. The van der Waals surface area contributed by atoms with E-state index in [1.807, 2.05) is 0 Å². The van der Waals surface area contributed by atoms with Crippen LogP contribution in [0.2, 0.25) is 0 Å². The number of hydrogen-bond acceptors (Lipinski definition) is 2. The molecule has 1 aliphatic heterocycles. The first-order valence-electron chi connectivity index (χ1n) is 7.24. The van der Waals surface area contributed by atoms with Gasteiger partial charge in [-0.3, -0.25) is 4.90 Å². The second kappa shape index (κ2) is 6.91. The van der Waals surface area contributed by atoms with E-state index in [9.17, 15) is 0 Å². The minimum absolute atomic E-state index is 0.650. The van der Waals surface area contributed by atoms with Crippen molar-refractivity contribution in [2.24, 2.45) is 5.92 Å². The van der Waals surface area contributed by atoms with Gasteiger partial charge in [0.25, 0.3) is 0 Å². The lowest BCUT2D eigenvalue weighted by Gasteiger charge is -2.31. The van der Waals surface area contributed by atoms with Gasteiger partial charge in [-0.1, -0.05) is 44.2 Å². The topological polar surface area (TPSA) is 15.3 Å². The second-order valence-electron chi connectivity index (χ2n) is 5.79. The van der Waals surface area contributed by atoms with Gasteiger partial charge in [-0.2, -0.15) is 0 Å². The summed E-state index contributed by atoms with van der Waals surface area (Å²) in [5, 5.41) is 3.58. The smallest absolute Gasteiger partial charge is 0.0261 e. The molecular formula is C16H26N2. The Bertz CT molecular complexity index is 334. The highest BCUT2D eigenvalue weighted by atomic mass is 15.2. The molecule has 0 saturated carbocycles. The number of nitrogens with zero attached hydrogens (tertiary/aromatic N) is 1. The largest absolute Gasteiger partial charge is 0.315 e. The van der Waals surface area contributed by atoms with E-state index < -0.39 is 0 Å². The zero-order chi connectivity index (χ0) is 12.8. The quantitative estimate of drug-likeness (QED) is 0.878. The Kier molecular flexibility index (Phi) is 5.21. The SMILES string of the molecule is CC(C)CN1CCCNCC1Cc1ccccc1. The van der Waals surface area contributed by atoms with E-state index in [2.05, 4.69) is 54.4 Å². The maximum Gasteiger partial charge on any atom is 0.0261 e. The molecule has 1 heterocycles. The van der Waals surface area contributed by atoms with E-state index in [1.54, 1.807) is 0 Å². The maximum absolute atomic E-state index is 3.58. The molecule has 0 radical (unpaired) electrons. The first-order valence-corrected chi connectivity index (χ1v) is 7.24. The molecule has 2 rings (SSSR count). The third-order valence-corrected chi connectivity index (χ3v) is 3.61. The summed E-state index contributed by atoms with van der Waals surface area (Å²) in [7, 11) is 0. The summed E-state index contributed by atoms with van der Waals surface area (Å²) >= 11 is 0. The summed E-state index contributed by atoms with van der Waals surface area (Å²) in [6.07, 6.45) is 2.44. The van der Waals surface area contributed by atoms with Crippen LogP contribution in [0.5, 0.6) is 0 Å². The Morgan fingerprint density at radius 1 is 1.28 bits per heavy atom. The van der Waals surface area contributed by atoms with Crippen molar-refractivity contribution >= 4 is 0 Å². The maximum atomic E-state index is 3.58. The Labute approximate surface area is 111 Å². The van der Waals surface area contributed by atoms with Gasteiger partial charge in [0.2, 0.25) is 0 Å². The fourth-order valence-corrected chi connectivity index (χ4v) is 2.78. The van der Waals surface area contributed by atoms with E-state index in [0.717, 1.165) is 12.5 Å². The monoisotopic (exact) mass is 246 g/mol. The van der Waals surface area contributed by atoms with E-state index in [4.69, 9.17) is 0 Å². The molecule has 1 atom stereocenters. The molecule has 1 N–H and O–H groups in total. The van der Waals surface area contributed by atoms with Crippen LogP contribution >= 0.6 is 0 Å². The van der Waals surface area contributed by atoms with Crippen molar-refractivity contribution < 1.29 is 0 Å². The summed E-state index contributed by atoms with van der Waals surface area (Å²) in [5.41, 5.74) is 1.46. The molecule has 0 amide bonds. The molecule has 1 aliphatic rings. The normalized spacial score (nSPS) is 22.1. The molecule has 2 heteroatoms. The molecule has 1 aromatic rings. The predicted molar refractivity (Wildman–Crippen MR) is 77.8 cm³/mol. The molecule has 0 spiro atoms. The summed E-state index contributed by atoms with van der Waals surface area (Å²) in [6.45, 7) is 9.39. The minimum atomic E-state index is 0.650. The molecule has 0 bridgehead atoms. The number of hydrogen-bond donors (Lipinski definition) is 1. The van der Waals surface area contributed by atoms with Crippen LogP contribution in [0.15, 0.2) is 30.3 Å². The molecule has 2 nitrogen and oxygen atoms in total. The van der Waals surface area contributed by atoms with Crippen LogP contribution in [0.3, 0.4) is 0 Å². The Balaban J connectivity index is 2.01. The molecule has 0 aliphatic carbocycles. The fourth-order valence-electron chi connectivity index (χ4n) is 2.78. The zero-order valence-electron chi connectivity index (χ0n) is 11.7. The molecule has 0 aromatic heterocycles. The van der Waals surface area contributed by atoms with Crippen LogP contribution < -0.4 is 5.32 Å². The van der Waals surface area contributed by atoms with Gasteiger partial charge in [-0.05, 0) is 37.4 Å². The van der Waals surface area contributed by atoms with Crippen LogP contribution in [0.25, 0.3) is 0 Å². The first-order chi connectivity index (χ1) is 8.75. The molecule has 1 saturated heterocycles. The van der Waals surface area contributed by atoms with Gasteiger partial charge in [-0.25, -0.2) is 0 Å². The Morgan fingerprint density at radius 2 is 2.06 bits per heavy atom. The first kappa shape index (κ1) is 13.6. The standard InChI is InChI=1S/C16H26N2/c1-14(2)13-18-10-6-9-17-12-16(18)11-15-7-4-3-5-8-15/h3-5,7-8,14,16-17H,6,9-13H2,1-2H3. The van der Waals surface area contributed by atoms with E-state index in [-0.39, 0.29) is 0 Å². The average molecular weight is 246 g/mol. The van der Waals surface area contributed by atoms with E-state index in [1.165, 1.54) is 38.0 Å². The van der Waals surface area contributed by atoms with Gasteiger partial charge in [0.15, 0.2) is 0 Å². The number of rotatable bonds is 4. The van der Waals surface area contributed by atoms with Crippen LogP contribution in [-0.4, -0.2) is 37.1 Å². The average Bonchev–Trinajstić information content (AvgIpc) is 2.56. The molecule has 18 heavy (non-hydrogen) atoms. The summed E-state index contributed by atoms with van der Waals surface area (Å²) in [6, 6.07) is 11.5. The summed E-state index contributed by atoms with van der Waals surface area (Å²) < 4.78 is 0. The fraction of sp³-hybridized carbons (Fsp3) is 0.625. The highest BCUT2D eigenvalue weighted by molar-refractivity contribution is 5.16. The van der Waals surface area contributed by atoms with Crippen molar-refractivity contribution in [3.8, 4) is 0 Å². The minimum Gasteiger partial charge on any atom is -0.315 e. The molecule has 1 fully saturated rings. The van der Waals surface area contributed by atoms with Crippen LogP contribution in [0, 0.1) is 5.92 Å². The number of nitrogens with one attached hydrogen (secondary N) is 1. The van der Waals surface area contributed by atoms with Crippen molar-refractivity contribution in [2.75, 3.05) is 26.2 Å². The number of benzene rings is 1. The van der Waals surface area contributed by atoms with Crippen LogP contribution in [0.1, 0.15) is 25.8 Å². The van der Waals surface area contributed by atoms with Crippen molar-refractivity contribution in [1.29, 1.82) is 0 Å². The van der Waals surface area contributed by atoms with Crippen molar-refractivity contribution in [3.63, 3.8) is 0 Å². The molecule has 1 aromatic carbocycles. The molecular weight excluding hydrogens is 220 g/mol. The van der Waals surface area contributed by atoms with E-state index >= 15 is 0 Å². The lowest BCUT2D eigenvalue weighted by Crippen LogP contribution is -2.43. The van der Waals surface area contributed by atoms with Crippen LogP contribution in [-0.2, 0) is 6.42 Å². The lowest BCUT2D eigenvalue weighted by molar-refractivity contribution is 0.185. The highest BCUT2D eigenvalue weighted by Gasteiger charge is 2.21. The van der Waals surface area contributed by atoms with E-state index in [0.29, 0.717) is 6.04 Å². The zero-order valence-corrected chi connectivity index (χ0v) is 11.7. The Morgan fingerprint density at radius 3 is 2.78 bits per heavy atom. The summed E-state index contributed by atoms with van der Waals surface area (Å²) in [5.74, 6) is 0.751. The van der Waals surface area contributed by atoms with Crippen molar-refractivity contribution in [2.45, 2.75) is 32.7 Å². The third-order valence-electron chi connectivity index (χ3n) is 3.61. The third kappa shape index (κ3) is 4.11. The summed E-state index contributed by atoms with van der Waals surface area (Å²) in [4.78, 5) is 2.68. The highest BCUT2D eigenvalue weighted by Crippen LogP contribution is 2.13. The lowest BCUT2D eigenvalue weighted by atomic mass is 10.0. The van der Waals surface area contributed by atoms with Gasteiger partial charge in [0.05, 0.1) is 0 Å². The van der Waals surface area contributed by atoms with Gasteiger partial charge in [-0.15, -0.1) is 0 Å². The van der Waals surface area contributed by atoms with Gasteiger partial charge in [0, 0.05) is 19.1 Å². The van der Waals surface area contributed by atoms with Gasteiger partial charge in [0.1, 0.15) is 0 Å².